The van der Waals surface area contributed by atoms with Crippen LogP contribution in [0, 0.1) is 5.92 Å². The summed E-state index contributed by atoms with van der Waals surface area (Å²) < 4.78 is 37.5. The first-order chi connectivity index (χ1) is 16.3. The number of rotatable bonds is 8. The number of fused-ring (bicyclic) bond motifs is 1. The standard InChI is InChI=1S/C24H29F2N3O4S/c1-32-17-5-7-19(33-2)14(11-17)3-8-21(30)27-16-4-6-18-20(12-16)34-23(28-18)29-22(31)15-9-10-24(25,26)13-15/h5,7,11,15-16H,3-4,6,8-10,12-13H2,1-2H3,(H,27,30)(H,28,29,31). The summed E-state index contributed by atoms with van der Waals surface area (Å²) in [4.78, 5) is 30.4. The van der Waals surface area contributed by atoms with Crippen LogP contribution in [0.5, 0.6) is 11.5 Å². The van der Waals surface area contributed by atoms with Crippen molar-refractivity contribution in [2.75, 3.05) is 19.5 Å². The van der Waals surface area contributed by atoms with E-state index >= 15 is 0 Å². The maximum Gasteiger partial charge on any atom is 0.248 e. The summed E-state index contributed by atoms with van der Waals surface area (Å²) in [6.45, 7) is 0. The van der Waals surface area contributed by atoms with Crippen molar-refractivity contribution in [2.24, 2.45) is 5.92 Å². The Labute approximate surface area is 201 Å². The van der Waals surface area contributed by atoms with Gasteiger partial charge in [-0.3, -0.25) is 9.59 Å². The topological polar surface area (TPSA) is 89.6 Å². The average molecular weight is 494 g/mol. The van der Waals surface area contributed by atoms with E-state index in [9.17, 15) is 18.4 Å². The maximum absolute atomic E-state index is 13.4. The lowest BCUT2D eigenvalue weighted by Gasteiger charge is -2.22. The van der Waals surface area contributed by atoms with Crippen molar-refractivity contribution >= 4 is 28.3 Å². The number of carbonyl (C=O) groups excluding carboxylic acids is 2. The number of amides is 2. The number of ether oxygens (including phenoxy) is 2. The van der Waals surface area contributed by atoms with E-state index in [0.717, 1.165) is 28.3 Å². The van der Waals surface area contributed by atoms with Crippen LogP contribution in [0.4, 0.5) is 13.9 Å². The molecule has 2 atom stereocenters. The molecular weight excluding hydrogens is 464 g/mol. The summed E-state index contributed by atoms with van der Waals surface area (Å²) in [7, 11) is 3.19. The van der Waals surface area contributed by atoms with Crippen molar-refractivity contribution in [1.82, 2.24) is 10.3 Å². The fraction of sp³-hybridized carbons (Fsp3) is 0.542. The summed E-state index contributed by atoms with van der Waals surface area (Å²) in [5.41, 5.74) is 1.81. The molecule has 1 saturated carbocycles. The second-order valence-corrected chi connectivity index (χ2v) is 9.94. The Morgan fingerprint density at radius 3 is 2.76 bits per heavy atom. The van der Waals surface area contributed by atoms with Crippen LogP contribution in [0.1, 0.15) is 48.2 Å². The van der Waals surface area contributed by atoms with Crippen molar-refractivity contribution in [3.63, 3.8) is 0 Å². The van der Waals surface area contributed by atoms with Gasteiger partial charge < -0.3 is 20.1 Å². The molecule has 184 valence electrons. The monoisotopic (exact) mass is 493 g/mol. The van der Waals surface area contributed by atoms with Gasteiger partial charge in [-0.2, -0.15) is 0 Å². The normalized spacial score (nSPS) is 20.9. The molecule has 0 aliphatic heterocycles. The molecule has 0 bridgehead atoms. The number of thiazole rings is 1. The molecule has 2 amide bonds. The predicted octanol–water partition coefficient (Wildman–Crippen LogP) is 4.14. The van der Waals surface area contributed by atoms with Gasteiger partial charge in [0.25, 0.3) is 0 Å². The van der Waals surface area contributed by atoms with E-state index in [4.69, 9.17) is 9.47 Å². The zero-order valence-electron chi connectivity index (χ0n) is 19.3. The van der Waals surface area contributed by atoms with Gasteiger partial charge in [-0.05, 0) is 49.4 Å². The average Bonchev–Trinajstić information content (AvgIpc) is 3.38. The van der Waals surface area contributed by atoms with E-state index in [1.54, 1.807) is 14.2 Å². The zero-order valence-corrected chi connectivity index (χ0v) is 20.1. The lowest BCUT2D eigenvalue weighted by Crippen LogP contribution is -2.38. The summed E-state index contributed by atoms with van der Waals surface area (Å²) in [5, 5.41) is 6.26. The smallest absolute Gasteiger partial charge is 0.248 e. The number of aryl methyl sites for hydroxylation is 2. The molecule has 1 aromatic heterocycles. The Kier molecular flexibility index (Phi) is 7.35. The van der Waals surface area contributed by atoms with Gasteiger partial charge in [0.15, 0.2) is 5.13 Å². The third-order valence-corrected chi connectivity index (χ3v) is 7.45. The molecule has 0 spiro atoms. The minimum atomic E-state index is -2.76. The first kappa shape index (κ1) is 24.4. The molecule has 0 radical (unpaired) electrons. The molecule has 1 fully saturated rings. The fourth-order valence-corrected chi connectivity index (χ4v) is 5.65. The van der Waals surface area contributed by atoms with Crippen LogP contribution in [-0.4, -0.2) is 43.0 Å². The minimum Gasteiger partial charge on any atom is -0.497 e. The Balaban J connectivity index is 1.29. The van der Waals surface area contributed by atoms with Crippen molar-refractivity contribution in [2.45, 2.75) is 63.3 Å². The second kappa shape index (κ2) is 10.2. The van der Waals surface area contributed by atoms with E-state index in [2.05, 4.69) is 15.6 Å². The van der Waals surface area contributed by atoms with Crippen LogP contribution in [-0.2, 0) is 28.9 Å². The van der Waals surface area contributed by atoms with Crippen LogP contribution in [0.15, 0.2) is 18.2 Å². The summed E-state index contributed by atoms with van der Waals surface area (Å²) in [6.07, 6.45) is 2.48. The van der Waals surface area contributed by atoms with Gasteiger partial charge in [0.1, 0.15) is 11.5 Å². The number of alkyl halides is 2. The van der Waals surface area contributed by atoms with Crippen LogP contribution < -0.4 is 20.1 Å². The molecule has 1 heterocycles. The first-order valence-corrected chi connectivity index (χ1v) is 12.3. The number of anilines is 1. The Hall–Kier alpha value is -2.75. The molecular formula is C24H29F2N3O4S. The molecule has 2 aliphatic carbocycles. The summed E-state index contributed by atoms with van der Waals surface area (Å²) >= 11 is 1.36. The third-order valence-electron chi connectivity index (χ3n) is 6.42. The van der Waals surface area contributed by atoms with Crippen molar-refractivity contribution in [3.8, 4) is 11.5 Å². The van der Waals surface area contributed by atoms with E-state index in [-0.39, 0.29) is 30.7 Å². The van der Waals surface area contributed by atoms with Gasteiger partial charge in [-0.25, -0.2) is 13.8 Å². The number of methoxy groups -OCH3 is 2. The highest BCUT2D eigenvalue weighted by molar-refractivity contribution is 7.15. The predicted molar refractivity (Wildman–Crippen MR) is 125 cm³/mol. The summed E-state index contributed by atoms with van der Waals surface area (Å²) in [5.74, 6) is -2.43. The van der Waals surface area contributed by atoms with E-state index < -0.39 is 18.3 Å². The molecule has 2 N–H and O–H groups in total. The molecule has 2 unspecified atom stereocenters. The van der Waals surface area contributed by atoms with E-state index in [0.29, 0.717) is 36.6 Å². The number of nitrogens with zero attached hydrogens (tertiary/aromatic N) is 1. The quantitative estimate of drug-likeness (QED) is 0.577. The van der Waals surface area contributed by atoms with Crippen molar-refractivity contribution < 1.29 is 27.8 Å². The lowest BCUT2D eigenvalue weighted by molar-refractivity contribution is -0.122. The largest absolute Gasteiger partial charge is 0.497 e. The van der Waals surface area contributed by atoms with Gasteiger partial charge in [-0.1, -0.05) is 0 Å². The maximum atomic E-state index is 13.4. The zero-order chi connectivity index (χ0) is 24.3. The molecule has 34 heavy (non-hydrogen) atoms. The van der Waals surface area contributed by atoms with Crippen molar-refractivity contribution in [3.05, 3.63) is 34.3 Å². The van der Waals surface area contributed by atoms with Crippen LogP contribution in [0.3, 0.4) is 0 Å². The van der Waals surface area contributed by atoms with Crippen LogP contribution in [0.25, 0.3) is 0 Å². The van der Waals surface area contributed by atoms with Gasteiger partial charge in [0, 0.05) is 42.5 Å². The highest BCUT2D eigenvalue weighted by atomic mass is 32.1. The minimum absolute atomic E-state index is 0.00951. The van der Waals surface area contributed by atoms with Gasteiger partial charge >= 0.3 is 0 Å². The molecule has 0 saturated heterocycles. The number of nitrogens with one attached hydrogen (secondary N) is 2. The number of halogens is 2. The van der Waals surface area contributed by atoms with Crippen molar-refractivity contribution in [1.29, 1.82) is 0 Å². The molecule has 4 rings (SSSR count). The molecule has 10 heteroatoms. The number of benzene rings is 1. The molecule has 2 aliphatic rings. The van der Waals surface area contributed by atoms with Crippen LogP contribution >= 0.6 is 11.3 Å². The molecule has 2 aromatic rings. The first-order valence-electron chi connectivity index (χ1n) is 11.4. The van der Waals surface area contributed by atoms with E-state index in [1.165, 1.54) is 11.3 Å². The van der Waals surface area contributed by atoms with E-state index in [1.807, 2.05) is 18.2 Å². The SMILES string of the molecule is COc1ccc(OC)c(CCC(=O)NC2CCc3nc(NC(=O)C4CCC(F)(F)C4)sc3C2)c1. The Morgan fingerprint density at radius 1 is 1.24 bits per heavy atom. The fourth-order valence-electron chi connectivity index (χ4n) is 4.56. The Morgan fingerprint density at radius 2 is 2.06 bits per heavy atom. The number of aromatic nitrogens is 1. The highest BCUT2D eigenvalue weighted by Gasteiger charge is 2.42. The lowest BCUT2D eigenvalue weighted by atomic mass is 9.97. The molecule has 7 nitrogen and oxygen atoms in total. The number of hydrogen-bond donors (Lipinski definition) is 2. The van der Waals surface area contributed by atoms with Gasteiger partial charge in [0.2, 0.25) is 17.7 Å². The highest BCUT2D eigenvalue weighted by Crippen LogP contribution is 2.39. The molecule has 1 aromatic carbocycles. The van der Waals surface area contributed by atoms with Gasteiger partial charge in [-0.15, -0.1) is 11.3 Å². The number of carbonyl (C=O) groups is 2. The van der Waals surface area contributed by atoms with Gasteiger partial charge in [0.05, 0.1) is 19.9 Å². The number of hydrogen-bond acceptors (Lipinski definition) is 6. The Bertz CT molecular complexity index is 1060. The second-order valence-electron chi connectivity index (χ2n) is 8.86. The van der Waals surface area contributed by atoms with Crippen LogP contribution in [0.2, 0.25) is 0 Å². The third kappa shape index (κ3) is 5.84. The summed E-state index contributed by atoms with van der Waals surface area (Å²) in [6, 6.07) is 5.51.